The van der Waals surface area contributed by atoms with Gasteiger partial charge in [0, 0.05) is 13.0 Å². The number of hydrogen-bond donors (Lipinski definition) is 0. The molecule has 1 amide bonds. The lowest BCUT2D eigenvalue weighted by Crippen LogP contribution is -2.28. The largest absolute Gasteiger partial charge is 0.469 e. The monoisotopic (exact) mass is 321 g/mol. The number of rotatable bonds is 5. The molecule has 0 bridgehead atoms. The highest BCUT2D eigenvalue weighted by Gasteiger charge is 2.31. The van der Waals surface area contributed by atoms with Crippen LogP contribution in [0.4, 0.5) is 4.79 Å². The molecule has 1 aliphatic heterocycles. The zero-order chi connectivity index (χ0) is 15.2. The first-order valence-electron chi connectivity index (χ1n) is 6.49. The minimum atomic E-state index is -0.278. The van der Waals surface area contributed by atoms with E-state index in [9.17, 15) is 9.59 Å². The Bertz CT molecular complexity index is 584. The highest BCUT2D eigenvalue weighted by Crippen LogP contribution is 2.33. The normalized spacial score (nSPS) is 16.6. The Kier molecular flexibility index (Phi) is 5.52. The summed E-state index contributed by atoms with van der Waals surface area (Å²) in [6, 6.07) is 9.73. The van der Waals surface area contributed by atoms with Crippen molar-refractivity contribution in [1.29, 1.82) is 0 Å². The van der Waals surface area contributed by atoms with Crippen molar-refractivity contribution in [2.24, 2.45) is 0 Å². The molecule has 1 saturated heterocycles. The van der Waals surface area contributed by atoms with Gasteiger partial charge in [0.1, 0.15) is 4.99 Å². The molecule has 110 valence electrons. The summed E-state index contributed by atoms with van der Waals surface area (Å²) < 4.78 is 4.58. The molecule has 0 aromatic heterocycles. The number of hydrogen-bond acceptors (Lipinski definition) is 5. The molecule has 0 atom stereocenters. The molecule has 21 heavy (non-hydrogen) atoms. The summed E-state index contributed by atoms with van der Waals surface area (Å²) in [4.78, 5) is 25.9. The van der Waals surface area contributed by atoms with Crippen LogP contribution in [-0.2, 0) is 9.53 Å². The fourth-order valence-electron chi connectivity index (χ4n) is 1.88. The minimum Gasteiger partial charge on any atom is -0.469 e. The van der Waals surface area contributed by atoms with Gasteiger partial charge in [-0.25, -0.2) is 0 Å². The number of nitrogens with zero attached hydrogens (tertiary/aromatic N) is 1. The second-order valence-electron chi connectivity index (χ2n) is 4.42. The van der Waals surface area contributed by atoms with E-state index >= 15 is 0 Å². The maximum atomic E-state index is 12.0. The maximum absolute atomic E-state index is 12.0. The molecule has 0 saturated carbocycles. The van der Waals surface area contributed by atoms with Crippen LogP contribution in [0.25, 0.3) is 6.08 Å². The van der Waals surface area contributed by atoms with E-state index in [0.717, 1.165) is 22.2 Å². The smallest absolute Gasteiger partial charge is 0.305 e. The predicted molar refractivity (Wildman–Crippen MR) is 88.0 cm³/mol. The molecule has 0 unspecified atom stereocenters. The average Bonchev–Trinajstić information content (AvgIpc) is 2.75. The first-order chi connectivity index (χ1) is 10.1. The molecule has 1 fully saturated rings. The molecular formula is C15H15NO3S2. The number of methoxy groups -OCH3 is 1. The molecule has 1 aliphatic rings. The zero-order valence-electron chi connectivity index (χ0n) is 11.6. The van der Waals surface area contributed by atoms with Gasteiger partial charge in [-0.3, -0.25) is 14.5 Å². The van der Waals surface area contributed by atoms with E-state index in [1.54, 1.807) is 0 Å². The van der Waals surface area contributed by atoms with Gasteiger partial charge in [0.25, 0.3) is 5.24 Å². The third kappa shape index (κ3) is 4.15. The lowest BCUT2D eigenvalue weighted by molar-refractivity contribution is -0.140. The van der Waals surface area contributed by atoms with Crippen molar-refractivity contribution < 1.29 is 14.3 Å². The van der Waals surface area contributed by atoms with Crippen LogP contribution in [0.3, 0.4) is 0 Å². The highest BCUT2D eigenvalue weighted by molar-refractivity contribution is 8.19. The third-order valence-corrected chi connectivity index (χ3v) is 4.46. The van der Waals surface area contributed by atoms with Crippen LogP contribution in [0.2, 0.25) is 0 Å². The van der Waals surface area contributed by atoms with Gasteiger partial charge >= 0.3 is 5.97 Å². The SMILES string of the molecule is COC(=O)CCCN1C(=O)S/C(=C\c2ccccc2)C1=S. The van der Waals surface area contributed by atoms with Crippen LogP contribution in [0, 0.1) is 0 Å². The van der Waals surface area contributed by atoms with Crippen molar-refractivity contribution in [3.05, 3.63) is 40.8 Å². The second-order valence-corrected chi connectivity index (χ2v) is 5.80. The van der Waals surface area contributed by atoms with Gasteiger partial charge in [-0.2, -0.15) is 0 Å². The molecule has 1 heterocycles. The van der Waals surface area contributed by atoms with E-state index < -0.39 is 0 Å². The summed E-state index contributed by atoms with van der Waals surface area (Å²) in [5, 5.41) is -0.0907. The standard InChI is InChI=1S/C15H15NO3S2/c1-19-13(17)8-5-9-16-14(20)12(21-15(16)18)10-11-6-3-2-4-7-11/h2-4,6-7,10H,5,8-9H2,1H3/b12-10-. The number of amides is 1. The number of carbonyl (C=O) groups excluding carboxylic acids is 2. The molecule has 1 aromatic carbocycles. The fourth-order valence-corrected chi connectivity index (χ4v) is 3.17. The van der Waals surface area contributed by atoms with Crippen molar-refractivity contribution >= 4 is 46.3 Å². The highest BCUT2D eigenvalue weighted by atomic mass is 32.2. The van der Waals surface area contributed by atoms with E-state index in [1.807, 2.05) is 36.4 Å². The molecule has 0 spiro atoms. The first kappa shape index (κ1) is 15.7. The Balaban J connectivity index is 2.00. The summed E-state index contributed by atoms with van der Waals surface area (Å²) in [6.07, 6.45) is 2.73. The van der Waals surface area contributed by atoms with Crippen molar-refractivity contribution in [3.63, 3.8) is 0 Å². The second kappa shape index (κ2) is 7.38. The van der Waals surface area contributed by atoms with Crippen molar-refractivity contribution in [1.82, 2.24) is 4.90 Å². The average molecular weight is 321 g/mol. The Morgan fingerprint density at radius 2 is 2.10 bits per heavy atom. The number of carbonyl (C=O) groups is 2. The third-order valence-electron chi connectivity index (χ3n) is 2.96. The van der Waals surface area contributed by atoms with Gasteiger partial charge in [-0.15, -0.1) is 0 Å². The maximum Gasteiger partial charge on any atom is 0.305 e. The van der Waals surface area contributed by atoms with Crippen molar-refractivity contribution in [2.75, 3.05) is 13.7 Å². The first-order valence-corrected chi connectivity index (χ1v) is 7.71. The number of esters is 1. The van der Waals surface area contributed by atoms with Crippen molar-refractivity contribution in [3.8, 4) is 0 Å². The van der Waals surface area contributed by atoms with Crippen LogP contribution >= 0.6 is 24.0 Å². The van der Waals surface area contributed by atoms with E-state index in [4.69, 9.17) is 12.2 Å². The van der Waals surface area contributed by atoms with Crippen LogP contribution in [0.5, 0.6) is 0 Å². The van der Waals surface area contributed by atoms with Gasteiger partial charge in [-0.05, 0) is 29.8 Å². The van der Waals surface area contributed by atoms with Crippen molar-refractivity contribution in [2.45, 2.75) is 12.8 Å². The van der Waals surface area contributed by atoms with E-state index in [-0.39, 0.29) is 17.6 Å². The van der Waals surface area contributed by atoms with Gasteiger partial charge in [0.2, 0.25) is 0 Å². The van der Waals surface area contributed by atoms with Crippen LogP contribution < -0.4 is 0 Å². The van der Waals surface area contributed by atoms with E-state index in [0.29, 0.717) is 18.0 Å². The number of thiocarbonyl (C=S) groups is 1. The van der Waals surface area contributed by atoms with Gasteiger partial charge in [-0.1, -0.05) is 42.5 Å². The molecule has 0 aliphatic carbocycles. The Morgan fingerprint density at radius 3 is 2.76 bits per heavy atom. The molecule has 4 nitrogen and oxygen atoms in total. The summed E-state index contributed by atoms with van der Waals surface area (Å²) >= 11 is 6.48. The fraction of sp³-hybridized carbons (Fsp3) is 0.267. The Morgan fingerprint density at radius 1 is 1.38 bits per heavy atom. The number of ether oxygens (including phenoxy) is 1. The molecule has 0 radical (unpaired) electrons. The van der Waals surface area contributed by atoms with Crippen LogP contribution in [0.15, 0.2) is 35.2 Å². The Labute approximate surface area is 133 Å². The van der Waals surface area contributed by atoms with Gasteiger partial charge < -0.3 is 4.74 Å². The topological polar surface area (TPSA) is 46.6 Å². The van der Waals surface area contributed by atoms with Crippen LogP contribution in [-0.4, -0.2) is 34.8 Å². The number of benzene rings is 1. The molecule has 1 aromatic rings. The summed E-state index contributed by atoms with van der Waals surface area (Å²) in [7, 11) is 1.35. The predicted octanol–water partition coefficient (Wildman–Crippen LogP) is 3.48. The number of thioether (sulfide) groups is 1. The lowest BCUT2D eigenvalue weighted by atomic mass is 10.2. The van der Waals surface area contributed by atoms with Gasteiger partial charge in [0.05, 0.1) is 12.0 Å². The molecular weight excluding hydrogens is 306 g/mol. The lowest BCUT2D eigenvalue weighted by Gasteiger charge is -2.13. The van der Waals surface area contributed by atoms with E-state index in [2.05, 4.69) is 4.74 Å². The van der Waals surface area contributed by atoms with Crippen LogP contribution in [0.1, 0.15) is 18.4 Å². The summed E-state index contributed by atoms with van der Waals surface area (Å²) in [6.45, 7) is 0.436. The summed E-state index contributed by atoms with van der Waals surface area (Å²) in [5.41, 5.74) is 1.01. The summed E-state index contributed by atoms with van der Waals surface area (Å²) in [5.74, 6) is -0.278. The zero-order valence-corrected chi connectivity index (χ0v) is 13.2. The molecule has 2 rings (SSSR count). The molecule has 6 heteroatoms. The van der Waals surface area contributed by atoms with Gasteiger partial charge in [0.15, 0.2) is 0 Å². The van der Waals surface area contributed by atoms with E-state index in [1.165, 1.54) is 12.0 Å². The molecule has 0 N–H and O–H groups in total. The quantitative estimate of drug-likeness (QED) is 0.472. The Hall–Kier alpha value is -1.66. The minimum absolute atomic E-state index is 0.0907.